The maximum Gasteiger partial charge on any atom is 0.0126 e. The van der Waals surface area contributed by atoms with E-state index in [1.54, 1.807) is 0 Å². The Morgan fingerprint density at radius 1 is 1.06 bits per heavy atom. The van der Waals surface area contributed by atoms with Crippen molar-refractivity contribution in [2.45, 2.75) is 71.8 Å². The highest BCUT2D eigenvalue weighted by Gasteiger charge is 2.42. The van der Waals surface area contributed by atoms with Crippen LogP contribution in [0.1, 0.15) is 65.7 Å². The summed E-state index contributed by atoms with van der Waals surface area (Å²) in [5.41, 5.74) is 0.566. The van der Waals surface area contributed by atoms with E-state index in [-0.39, 0.29) is 0 Å². The first-order valence-electron chi connectivity index (χ1n) is 7.72. The molecule has 0 bridgehead atoms. The third-order valence-electron chi connectivity index (χ3n) is 5.68. The van der Waals surface area contributed by atoms with Crippen LogP contribution in [0.2, 0.25) is 0 Å². The highest BCUT2D eigenvalue weighted by atomic mass is 14.9. The molecule has 1 heteroatoms. The van der Waals surface area contributed by atoms with Gasteiger partial charge in [0.2, 0.25) is 0 Å². The molecular formula is C16H31N. The van der Waals surface area contributed by atoms with Gasteiger partial charge in [0.1, 0.15) is 0 Å². The number of hydrogen-bond acceptors (Lipinski definition) is 1. The van der Waals surface area contributed by atoms with Crippen LogP contribution in [0.5, 0.6) is 0 Å². The standard InChI is InChI=1S/C16H31N/c1-12-7-9-13(10-8-12)15(17-4)14-6-5-11-16(14,2)3/h12-15,17H,5-11H2,1-4H3. The highest BCUT2D eigenvalue weighted by molar-refractivity contribution is 4.95. The quantitative estimate of drug-likeness (QED) is 0.774. The minimum absolute atomic E-state index is 0.566. The van der Waals surface area contributed by atoms with Gasteiger partial charge in [-0.1, -0.05) is 40.0 Å². The molecule has 0 aromatic heterocycles. The smallest absolute Gasteiger partial charge is 0.0126 e. The molecule has 0 radical (unpaired) electrons. The maximum atomic E-state index is 3.68. The second-order valence-electron chi connectivity index (χ2n) is 7.32. The van der Waals surface area contributed by atoms with Crippen molar-refractivity contribution in [3.8, 4) is 0 Å². The van der Waals surface area contributed by atoms with Gasteiger partial charge in [0, 0.05) is 6.04 Å². The zero-order valence-electron chi connectivity index (χ0n) is 12.3. The molecule has 17 heavy (non-hydrogen) atoms. The van der Waals surface area contributed by atoms with Crippen LogP contribution in [0.3, 0.4) is 0 Å². The van der Waals surface area contributed by atoms with Crippen LogP contribution in [0, 0.1) is 23.2 Å². The first-order valence-corrected chi connectivity index (χ1v) is 7.72. The summed E-state index contributed by atoms with van der Waals surface area (Å²) in [4.78, 5) is 0. The Morgan fingerprint density at radius 3 is 2.18 bits per heavy atom. The Balaban J connectivity index is 2.01. The van der Waals surface area contributed by atoms with Crippen LogP contribution < -0.4 is 5.32 Å². The molecule has 0 saturated heterocycles. The molecule has 0 heterocycles. The fourth-order valence-electron chi connectivity index (χ4n) is 4.43. The second-order valence-corrected chi connectivity index (χ2v) is 7.32. The molecular weight excluding hydrogens is 206 g/mol. The van der Waals surface area contributed by atoms with E-state index in [2.05, 4.69) is 33.1 Å². The third kappa shape index (κ3) is 2.86. The summed E-state index contributed by atoms with van der Waals surface area (Å²) in [6.07, 6.45) is 10.1. The lowest BCUT2D eigenvalue weighted by molar-refractivity contribution is 0.127. The lowest BCUT2D eigenvalue weighted by Crippen LogP contribution is -2.45. The Hall–Kier alpha value is -0.0400. The summed E-state index contributed by atoms with van der Waals surface area (Å²) in [5, 5.41) is 3.68. The minimum atomic E-state index is 0.566. The molecule has 1 nitrogen and oxygen atoms in total. The van der Waals surface area contributed by atoms with Gasteiger partial charge in [0.25, 0.3) is 0 Å². The number of hydrogen-bond donors (Lipinski definition) is 1. The molecule has 0 aromatic carbocycles. The van der Waals surface area contributed by atoms with Crippen molar-refractivity contribution in [2.24, 2.45) is 23.2 Å². The average Bonchev–Trinajstić information content (AvgIpc) is 2.63. The second kappa shape index (κ2) is 5.30. The lowest BCUT2D eigenvalue weighted by Gasteiger charge is -2.41. The van der Waals surface area contributed by atoms with Crippen molar-refractivity contribution in [1.29, 1.82) is 0 Å². The Labute approximate surface area is 108 Å². The molecule has 2 aliphatic carbocycles. The molecule has 100 valence electrons. The average molecular weight is 237 g/mol. The van der Waals surface area contributed by atoms with E-state index in [9.17, 15) is 0 Å². The fourth-order valence-corrected chi connectivity index (χ4v) is 4.43. The molecule has 2 aliphatic rings. The van der Waals surface area contributed by atoms with E-state index in [1.807, 2.05) is 0 Å². The lowest BCUT2D eigenvalue weighted by atomic mass is 9.69. The zero-order valence-corrected chi connectivity index (χ0v) is 12.3. The fraction of sp³-hybridized carbons (Fsp3) is 1.00. The molecule has 0 spiro atoms. The van der Waals surface area contributed by atoms with E-state index in [4.69, 9.17) is 0 Å². The van der Waals surface area contributed by atoms with Crippen molar-refractivity contribution < 1.29 is 0 Å². The Morgan fingerprint density at radius 2 is 1.71 bits per heavy atom. The molecule has 2 atom stereocenters. The predicted octanol–water partition coefficient (Wildman–Crippen LogP) is 4.23. The maximum absolute atomic E-state index is 3.68. The van der Waals surface area contributed by atoms with Gasteiger partial charge in [0.15, 0.2) is 0 Å². The van der Waals surface area contributed by atoms with Crippen LogP contribution in [-0.2, 0) is 0 Å². The van der Waals surface area contributed by atoms with Crippen molar-refractivity contribution in [3.05, 3.63) is 0 Å². The molecule has 0 amide bonds. The normalized spacial score (nSPS) is 39.2. The van der Waals surface area contributed by atoms with Gasteiger partial charge < -0.3 is 5.32 Å². The Kier molecular flexibility index (Phi) is 4.18. The summed E-state index contributed by atoms with van der Waals surface area (Å²) in [7, 11) is 2.19. The molecule has 2 saturated carbocycles. The first kappa shape index (κ1) is 13.4. The summed E-state index contributed by atoms with van der Waals surface area (Å²) in [6, 6.07) is 0.778. The number of rotatable bonds is 3. The zero-order chi connectivity index (χ0) is 12.5. The van der Waals surface area contributed by atoms with Crippen molar-refractivity contribution in [3.63, 3.8) is 0 Å². The Bertz CT molecular complexity index is 238. The van der Waals surface area contributed by atoms with Crippen LogP contribution >= 0.6 is 0 Å². The number of nitrogens with one attached hydrogen (secondary N) is 1. The van der Waals surface area contributed by atoms with Crippen molar-refractivity contribution in [2.75, 3.05) is 7.05 Å². The summed E-state index contributed by atoms with van der Waals surface area (Å²) < 4.78 is 0. The molecule has 0 aromatic rings. The first-order chi connectivity index (χ1) is 8.04. The van der Waals surface area contributed by atoms with Gasteiger partial charge in [0.05, 0.1) is 0 Å². The van der Waals surface area contributed by atoms with Crippen LogP contribution in [0.4, 0.5) is 0 Å². The molecule has 2 unspecified atom stereocenters. The summed E-state index contributed by atoms with van der Waals surface area (Å²) in [6.45, 7) is 7.39. The van der Waals surface area contributed by atoms with E-state index in [0.717, 1.165) is 23.8 Å². The van der Waals surface area contributed by atoms with E-state index in [1.165, 1.54) is 44.9 Å². The van der Waals surface area contributed by atoms with E-state index in [0.29, 0.717) is 5.41 Å². The van der Waals surface area contributed by atoms with E-state index < -0.39 is 0 Å². The van der Waals surface area contributed by atoms with Crippen LogP contribution in [0.25, 0.3) is 0 Å². The largest absolute Gasteiger partial charge is 0.316 e. The molecule has 2 fully saturated rings. The SMILES string of the molecule is CNC(C1CCC(C)CC1)C1CCCC1(C)C. The van der Waals surface area contributed by atoms with Gasteiger partial charge in [-0.05, 0) is 55.9 Å². The molecule has 2 rings (SSSR count). The van der Waals surface area contributed by atoms with Crippen LogP contribution in [-0.4, -0.2) is 13.1 Å². The summed E-state index contributed by atoms with van der Waals surface area (Å²) in [5.74, 6) is 2.82. The highest BCUT2D eigenvalue weighted by Crippen LogP contribution is 2.47. The van der Waals surface area contributed by atoms with E-state index >= 15 is 0 Å². The van der Waals surface area contributed by atoms with Gasteiger partial charge in [-0.3, -0.25) is 0 Å². The topological polar surface area (TPSA) is 12.0 Å². The monoisotopic (exact) mass is 237 g/mol. The van der Waals surface area contributed by atoms with Gasteiger partial charge >= 0.3 is 0 Å². The van der Waals surface area contributed by atoms with Gasteiger partial charge in [-0.2, -0.15) is 0 Å². The third-order valence-corrected chi connectivity index (χ3v) is 5.68. The van der Waals surface area contributed by atoms with Crippen LogP contribution in [0.15, 0.2) is 0 Å². The van der Waals surface area contributed by atoms with Gasteiger partial charge in [-0.15, -0.1) is 0 Å². The minimum Gasteiger partial charge on any atom is -0.316 e. The van der Waals surface area contributed by atoms with Gasteiger partial charge in [-0.25, -0.2) is 0 Å². The predicted molar refractivity (Wildman–Crippen MR) is 75.1 cm³/mol. The van der Waals surface area contributed by atoms with Crippen molar-refractivity contribution >= 4 is 0 Å². The molecule has 0 aliphatic heterocycles. The van der Waals surface area contributed by atoms with Crippen molar-refractivity contribution in [1.82, 2.24) is 5.32 Å². The summed E-state index contributed by atoms with van der Waals surface area (Å²) >= 11 is 0. The molecule has 1 N–H and O–H groups in total.